The molecule has 8 nitrogen and oxygen atoms in total. The summed E-state index contributed by atoms with van der Waals surface area (Å²) in [6, 6.07) is 0. The summed E-state index contributed by atoms with van der Waals surface area (Å²) in [6.45, 7) is 0. The van der Waals surface area contributed by atoms with Crippen LogP contribution in [-0.4, -0.2) is 37.1 Å². The number of aliphatic hydroxyl groups excluding tert-OH is 1. The Bertz CT molecular complexity index is 587. The zero-order chi connectivity index (χ0) is 11.7. The van der Waals surface area contributed by atoms with E-state index in [1.54, 1.807) is 11.6 Å². The summed E-state index contributed by atoms with van der Waals surface area (Å²) in [4.78, 5) is 31.9. The van der Waals surface area contributed by atoms with Gasteiger partial charge in [-0.25, -0.2) is 4.98 Å². The third-order valence-electron chi connectivity index (χ3n) is 1.98. The number of aromatic nitrogens is 4. The second-order valence-electron chi connectivity index (χ2n) is 3.17. The minimum atomic E-state index is -1.41. The number of nitrogens with one attached hydrogen (secondary N) is 2. The van der Waals surface area contributed by atoms with Gasteiger partial charge in [-0.15, -0.1) is 0 Å². The number of aryl methyl sites for hydroxylation is 1. The molecular formula is C8H9N5O3. The standard InChI is InChI=1S/C8H9N5O3/c1-13-3-9-5-6(13)11-8(12-7(5)16)10-4(15)2-14/h2-4,15H,1H3,(H2,10,11,12,16). The molecule has 3 N–H and O–H groups in total. The highest BCUT2D eigenvalue weighted by atomic mass is 16.3. The largest absolute Gasteiger partial charge is 0.367 e. The third kappa shape index (κ3) is 1.65. The van der Waals surface area contributed by atoms with Crippen molar-refractivity contribution < 1.29 is 9.90 Å². The Morgan fingerprint density at radius 2 is 2.44 bits per heavy atom. The van der Waals surface area contributed by atoms with E-state index in [0.717, 1.165) is 0 Å². The van der Waals surface area contributed by atoms with E-state index in [-0.39, 0.29) is 17.8 Å². The number of carbonyl (C=O) groups is 1. The Labute approximate surface area is 89.0 Å². The number of imidazole rings is 1. The average Bonchev–Trinajstić information content (AvgIpc) is 2.61. The van der Waals surface area contributed by atoms with Crippen LogP contribution in [0.2, 0.25) is 0 Å². The molecule has 1 atom stereocenters. The van der Waals surface area contributed by atoms with Crippen molar-refractivity contribution in [1.29, 1.82) is 0 Å². The van der Waals surface area contributed by atoms with Crippen molar-refractivity contribution >= 4 is 23.4 Å². The lowest BCUT2D eigenvalue weighted by molar-refractivity contribution is -0.113. The fourth-order valence-corrected chi connectivity index (χ4v) is 1.26. The Hall–Kier alpha value is -2.22. The molecule has 0 saturated heterocycles. The molecule has 16 heavy (non-hydrogen) atoms. The highest BCUT2D eigenvalue weighted by molar-refractivity contribution is 5.71. The summed E-state index contributed by atoms with van der Waals surface area (Å²) in [5, 5.41) is 11.4. The normalized spacial score (nSPS) is 12.6. The maximum Gasteiger partial charge on any atom is 0.280 e. The molecule has 0 amide bonds. The number of H-pyrrole nitrogens is 1. The number of aldehydes is 1. The number of aliphatic hydroxyl groups is 1. The van der Waals surface area contributed by atoms with E-state index in [0.29, 0.717) is 5.65 Å². The van der Waals surface area contributed by atoms with Crippen molar-refractivity contribution in [3.05, 3.63) is 16.7 Å². The lowest BCUT2D eigenvalue weighted by atomic mass is 10.5. The molecule has 0 bridgehead atoms. The maximum absolute atomic E-state index is 11.5. The highest BCUT2D eigenvalue weighted by Crippen LogP contribution is 2.05. The number of nitrogens with zero attached hydrogens (tertiary/aromatic N) is 3. The molecule has 2 heterocycles. The zero-order valence-electron chi connectivity index (χ0n) is 8.34. The van der Waals surface area contributed by atoms with Crippen LogP contribution in [-0.2, 0) is 11.8 Å². The van der Waals surface area contributed by atoms with E-state index in [9.17, 15) is 9.59 Å². The summed E-state index contributed by atoms with van der Waals surface area (Å²) in [5.41, 5.74) is 0.129. The number of hydrogen-bond donors (Lipinski definition) is 3. The Morgan fingerprint density at radius 1 is 1.69 bits per heavy atom. The first-order valence-corrected chi connectivity index (χ1v) is 4.43. The first kappa shape index (κ1) is 10.3. The van der Waals surface area contributed by atoms with Crippen LogP contribution in [0.1, 0.15) is 0 Å². The van der Waals surface area contributed by atoms with Crippen LogP contribution in [0, 0.1) is 0 Å². The third-order valence-corrected chi connectivity index (χ3v) is 1.98. The Balaban J connectivity index is 2.52. The molecule has 84 valence electrons. The van der Waals surface area contributed by atoms with Gasteiger partial charge >= 0.3 is 0 Å². The van der Waals surface area contributed by atoms with Crippen LogP contribution in [0.4, 0.5) is 5.95 Å². The number of hydrogen-bond acceptors (Lipinski definition) is 6. The second kappa shape index (κ2) is 3.74. The zero-order valence-corrected chi connectivity index (χ0v) is 8.34. The van der Waals surface area contributed by atoms with Gasteiger partial charge in [0.2, 0.25) is 5.95 Å². The fourth-order valence-electron chi connectivity index (χ4n) is 1.26. The molecule has 0 saturated carbocycles. The summed E-state index contributed by atoms with van der Waals surface area (Å²) >= 11 is 0. The molecule has 0 spiro atoms. The number of fused-ring (bicyclic) bond motifs is 1. The number of anilines is 1. The molecule has 1 unspecified atom stereocenters. The van der Waals surface area contributed by atoms with Gasteiger partial charge in [0.15, 0.2) is 23.7 Å². The summed E-state index contributed by atoms with van der Waals surface area (Å²) in [5.74, 6) is 0.0145. The summed E-state index contributed by atoms with van der Waals surface area (Å²) in [7, 11) is 1.68. The van der Waals surface area contributed by atoms with Gasteiger partial charge in [-0.2, -0.15) is 4.98 Å². The quantitative estimate of drug-likeness (QED) is 0.435. The molecule has 0 aliphatic heterocycles. The smallest absolute Gasteiger partial charge is 0.280 e. The SMILES string of the molecule is Cn1cnc2c(=O)[nH]c(NC(O)C=O)nc21. The molecule has 2 aromatic rings. The van der Waals surface area contributed by atoms with Gasteiger partial charge in [0.25, 0.3) is 5.56 Å². The van der Waals surface area contributed by atoms with Gasteiger partial charge in [-0.1, -0.05) is 0 Å². The van der Waals surface area contributed by atoms with Crippen molar-refractivity contribution in [3.8, 4) is 0 Å². The predicted molar refractivity (Wildman–Crippen MR) is 54.8 cm³/mol. The Kier molecular flexibility index (Phi) is 2.41. The molecule has 2 rings (SSSR count). The summed E-state index contributed by atoms with van der Waals surface area (Å²) < 4.78 is 1.56. The van der Waals surface area contributed by atoms with Gasteiger partial charge in [0.05, 0.1) is 6.33 Å². The van der Waals surface area contributed by atoms with Gasteiger partial charge in [0, 0.05) is 7.05 Å². The van der Waals surface area contributed by atoms with E-state index < -0.39 is 11.8 Å². The van der Waals surface area contributed by atoms with Crippen LogP contribution in [0.25, 0.3) is 11.2 Å². The van der Waals surface area contributed by atoms with Crippen LogP contribution < -0.4 is 10.9 Å². The minimum absolute atomic E-state index is 0.0145. The van der Waals surface area contributed by atoms with E-state index >= 15 is 0 Å². The maximum atomic E-state index is 11.5. The molecule has 0 aliphatic rings. The van der Waals surface area contributed by atoms with Crippen LogP contribution in [0.5, 0.6) is 0 Å². The van der Waals surface area contributed by atoms with Gasteiger partial charge in [-0.3, -0.25) is 14.6 Å². The van der Waals surface area contributed by atoms with Gasteiger partial charge in [-0.05, 0) is 0 Å². The summed E-state index contributed by atoms with van der Waals surface area (Å²) in [6.07, 6.45) is 0.328. The molecule has 8 heteroatoms. The first-order valence-electron chi connectivity index (χ1n) is 4.43. The highest BCUT2D eigenvalue weighted by Gasteiger charge is 2.09. The molecule has 0 aromatic carbocycles. The van der Waals surface area contributed by atoms with E-state index in [1.807, 2.05) is 0 Å². The monoisotopic (exact) mass is 223 g/mol. The fraction of sp³-hybridized carbons (Fsp3) is 0.250. The van der Waals surface area contributed by atoms with E-state index in [2.05, 4.69) is 20.3 Å². The lowest BCUT2D eigenvalue weighted by Gasteiger charge is -2.06. The molecule has 0 fully saturated rings. The van der Waals surface area contributed by atoms with Gasteiger partial charge in [0.1, 0.15) is 0 Å². The predicted octanol–water partition coefficient (Wildman–Crippen LogP) is -1.41. The number of aromatic amines is 1. The van der Waals surface area contributed by atoms with Crippen molar-refractivity contribution in [2.45, 2.75) is 6.23 Å². The van der Waals surface area contributed by atoms with Crippen LogP contribution in [0.15, 0.2) is 11.1 Å². The Morgan fingerprint density at radius 3 is 3.12 bits per heavy atom. The van der Waals surface area contributed by atoms with Crippen molar-refractivity contribution in [2.75, 3.05) is 5.32 Å². The van der Waals surface area contributed by atoms with E-state index in [1.165, 1.54) is 6.33 Å². The van der Waals surface area contributed by atoms with Crippen LogP contribution in [0.3, 0.4) is 0 Å². The minimum Gasteiger partial charge on any atom is -0.367 e. The average molecular weight is 223 g/mol. The van der Waals surface area contributed by atoms with E-state index in [4.69, 9.17) is 5.11 Å². The molecular weight excluding hydrogens is 214 g/mol. The van der Waals surface area contributed by atoms with Crippen LogP contribution >= 0.6 is 0 Å². The van der Waals surface area contributed by atoms with Crippen molar-refractivity contribution in [2.24, 2.45) is 7.05 Å². The topological polar surface area (TPSA) is 113 Å². The molecule has 0 radical (unpaired) electrons. The van der Waals surface area contributed by atoms with Crippen molar-refractivity contribution in [3.63, 3.8) is 0 Å². The molecule has 2 aromatic heterocycles. The first-order chi connectivity index (χ1) is 7.61. The number of rotatable bonds is 3. The molecule has 0 aliphatic carbocycles. The lowest BCUT2D eigenvalue weighted by Crippen LogP contribution is -2.23. The van der Waals surface area contributed by atoms with Crippen molar-refractivity contribution in [1.82, 2.24) is 19.5 Å². The second-order valence-corrected chi connectivity index (χ2v) is 3.17. The van der Waals surface area contributed by atoms with Gasteiger partial charge < -0.3 is 15.0 Å². The number of carbonyl (C=O) groups excluding carboxylic acids is 1.